The first-order valence-electron chi connectivity index (χ1n) is 9.03. The van der Waals surface area contributed by atoms with Gasteiger partial charge in [0.05, 0.1) is 17.9 Å². The van der Waals surface area contributed by atoms with E-state index in [1.807, 2.05) is 25.5 Å². The predicted molar refractivity (Wildman–Crippen MR) is 107 cm³/mol. The van der Waals surface area contributed by atoms with Gasteiger partial charge in [-0.2, -0.15) is 0 Å². The summed E-state index contributed by atoms with van der Waals surface area (Å²) >= 11 is 2.76. The average Bonchev–Trinajstić information content (AvgIpc) is 3.26. The minimum Gasteiger partial charge on any atom is -0.462 e. The zero-order chi connectivity index (χ0) is 19.6. The summed E-state index contributed by atoms with van der Waals surface area (Å²) < 4.78 is 7.07. The highest BCUT2D eigenvalue weighted by molar-refractivity contribution is 7.99. The normalized spacial score (nSPS) is 13.8. The van der Waals surface area contributed by atoms with Crippen molar-refractivity contribution >= 4 is 40.0 Å². The molecule has 1 aliphatic rings. The standard InChI is InChI=1S/C18H24N4O3S2/c1-5-25-17(24)12-8-13(10(2)3)27-16(12)19-14(23)9-26-18-21-20-15(22(18)4)11-6-7-11/h8,10-11H,5-7,9H2,1-4H3,(H,19,23). The molecule has 0 saturated heterocycles. The van der Waals surface area contributed by atoms with E-state index in [2.05, 4.69) is 15.5 Å². The molecule has 0 spiro atoms. The second-order valence-corrected chi connectivity index (χ2v) is 8.80. The van der Waals surface area contributed by atoms with Crippen LogP contribution in [0.15, 0.2) is 11.2 Å². The van der Waals surface area contributed by atoms with Gasteiger partial charge in [0.15, 0.2) is 5.16 Å². The zero-order valence-electron chi connectivity index (χ0n) is 15.9. The number of ether oxygens (including phenoxy) is 1. The molecule has 1 amide bonds. The van der Waals surface area contributed by atoms with Gasteiger partial charge in [-0.05, 0) is 31.7 Å². The van der Waals surface area contributed by atoms with Gasteiger partial charge in [-0.25, -0.2) is 4.79 Å². The molecule has 0 unspecified atom stereocenters. The molecular weight excluding hydrogens is 384 g/mol. The Balaban J connectivity index is 1.65. The molecule has 27 heavy (non-hydrogen) atoms. The van der Waals surface area contributed by atoms with Crippen LogP contribution in [0.2, 0.25) is 0 Å². The van der Waals surface area contributed by atoms with Crippen molar-refractivity contribution in [2.45, 2.75) is 50.6 Å². The predicted octanol–water partition coefficient (Wildman–Crippen LogP) is 3.78. The van der Waals surface area contributed by atoms with E-state index < -0.39 is 5.97 Å². The summed E-state index contributed by atoms with van der Waals surface area (Å²) in [6.07, 6.45) is 2.31. The second-order valence-electron chi connectivity index (χ2n) is 6.78. The van der Waals surface area contributed by atoms with Crippen molar-refractivity contribution in [2.24, 2.45) is 7.05 Å². The van der Waals surface area contributed by atoms with Crippen LogP contribution in [0.1, 0.15) is 66.5 Å². The van der Waals surface area contributed by atoms with Gasteiger partial charge in [-0.1, -0.05) is 25.6 Å². The molecule has 0 aliphatic heterocycles. The van der Waals surface area contributed by atoms with Gasteiger partial charge in [0.25, 0.3) is 0 Å². The van der Waals surface area contributed by atoms with Crippen LogP contribution >= 0.6 is 23.1 Å². The molecule has 0 radical (unpaired) electrons. The summed E-state index contributed by atoms with van der Waals surface area (Å²) in [5.41, 5.74) is 0.415. The molecule has 0 atom stereocenters. The van der Waals surface area contributed by atoms with Crippen LogP contribution in [0.4, 0.5) is 5.00 Å². The lowest BCUT2D eigenvalue weighted by atomic mass is 10.1. The Labute approximate surface area is 166 Å². The molecule has 2 heterocycles. The topological polar surface area (TPSA) is 86.1 Å². The fraction of sp³-hybridized carbons (Fsp3) is 0.556. The number of rotatable bonds is 8. The van der Waals surface area contributed by atoms with E-state index in [-0.39, 0.29) is 17.6 Å². The van der Waals surface area contributed by atoms with Gasteiger partial charge in [0, 0.05) is 17.8 Å². The van der Waals surface area contributed by atoms with Crippen molar-refractivity contribution in [3.05, 3.63) is 22.3 Å². The Hall–Kier alpha value is -1.87. The third-order valence-corrected chi connectivity index (χ3v) is 6.58. The van der Waals surface area contributed by atoms with E-state index in [1.54, 1.807) is 13.0 Å². The number of carbonyl (C=O) groups excluding carboxylic acids is 2. The summed E-state index contributed by atoms with van der Waals surface area (Å²) in [6.45, 7) is 6.16. The minimum atomic E-state index is -0.411. The van der Waals surface area contributed by atoms with Crippen molar-refractivity contribution in [1.82, 2.24) is 14.8 Å². The highest BCUT2D eigenvalue weighted by Gasteiger charge is 2.29. The Morgan fingerprint density at radius 1 is 1.41 bits per heavy atom. The number of nitrogens with one attached hydrogen (secondary N) is 1. The number of thiophene rings is 1. The maximum Gasteiger partial charge on any atom is 0.341 e. The number of anilines is 1. The van der Waals surface area contributed by atoms with Gasteiger partial charge >= 0.3 is 5.97 Å². The van der Waals surface area contributed by atoms with Crippen LogP contribution in [0.3, 0.4) is 0 Å². The first-order chi connectivity index (χ1) is 12.9. The molecule has 1 saturated carbocycles. The van der Waals surface area contributed by atoms with E-state index in [0.29, 0.717) is 23.1 Å². The maximum absolute atomic E-state index is 12.4. The number of thioether (sulfide) groups is 1. The van der Waals surface area contributed by atoms with Crippen molar-refractivity contribution in [3.8, 4) is 0 Å². The maximum atomic E-state index is 12.4. The molecule has 0 bridgehead atoms. The summed E-state index contributed by atoms with van der Waals surface area (Å²) in [7, 11) is 1.93. The molecule has 2 aromatic heterocycles. The van der Waals surface area contributed by atoms with Crippen molar-refractivity contribution in [3.63, 3.8) is 0 Å². The fourth-order valence-electron chi connectivity index (χ4n) is 2.59. The smallest absolute Gasteiger partial charge is 0.341 e. The number of hydrogen-bond acceptors (Lipinski definition) is 7. The lowest BCUT2D eigenvalue weighted by molar-refractivity contribution is -0.113. The van der Waals surface area contributed by atoms with Crippen LogP contribution in [0, 0.1) is 0 Å². The van der Waals surface area contributed by atoms with E-state index in [4.69, 9.17) is 4.74 Å². The first-order valence-corrected chi connectivity index (χ1v) is 10.8. The second kappa shape index (κ2) is 8.43. The van der Waals surface area contributed by atoms with Crippen LogP contribution in [0.5, 0.6) is 0 Å². The highest BCUT2D eigenvalue weighted by atomic mass is 32.2. The number of amides is 1. The fourth-order valence-corrected chi connectivity index (χ4v) is 4.37. The molecule has 1 N–H and O–H groups in total. The minimum absolute atomic E-state index is 0.182. The van der Waals surface area contributed by atoms with Crippen LogP contribution in [0.25, 0.3) is 0 Å². The summed E-state index contributed by atoms with van der Waals surface area (Å²) in [5, 5.41) is 12.5. The number of carbonyl (C=O) groups is 2. The Morgan fingerprint density at radius 2 is 2.15 bits per heavy atom. The molecule has 1 fully saturated rings. The molecule has 2 aromatic rings. The molecule has 9 heteroatoms. The van der Waals surface area contributed by atoms with Crippen LogP contribution in [-0.2, 0) is 16.6 Å². The highest BCUT2D eigenvalue weighted by Crippen LogP contribution is 2.39. The lowest BCUT2D eigenvalue weighted by Crippen LogP contribution is -2.16. The van der Waals surface area contributed by atoms with Gasteiger partial charge < -0.3 is 14.6 Å². The molecular formula is C18H24N4O3S2. The van der Waals surface area contributed by atoms with Crippen LogP contribution < -0.4 is 5.32 Å². The largest absolute Gasteiger partial charge is 0.462 e. The number of nitrogens with zero attached hydrogens (tertiary/aromatic N) is 3. The summed E-state index contributed by atoms with van der Waals surface area (Å²) in [6, 6.07) is 1.81. The number of aromatic nitrogens is 3. The van der Waals surface area contributed by atoms with Gasteiger partial charge in [0.1, 0.15) is 10.8 Å². The quantitative estimate of drug-likeness (QED) is 0.528. The first kappa shape index (κ1) is 19.9. The third kappa shape index (κ3) is 4.70. The van der Waals surface area contributed by atoms with Crippen LogP contribution in [-0.4, -0.2) is 39.0 Å². The van der Waals surface area contributed by atoms with E-state index in [1.165, 1.54) is 23.1 Å². The van der Waals surface area contributed by atoms with Crippen molar-refractivity contribution < 1.29 is 14.3 Å². The molecule has 3 rings (SSSR count). The van der Waals surface area contributed by atoms with E-state index in [9.17, 15) is 9.59 Å². The monoisotopic (exact) mass is 408 g/mol. The van der Waals surface area contributed by atoms with E-state index in [0.717, 1.165) is 28.7 Å². The van der Waals surface area contributed by atoms with Gasteiger partial charge in [-0.3, -0.25) is 4.79 Å². The van der Waals surface area contributed by atoms with Crippen molar-refractivity contribution in [2.75, 3.05) is 17.7 Å². The Bertz CT molecular complexity index is 840. The summed E-state index contributed by atoms with van der Waals surface area (Å²) in [5.74, 6) is 1.38. The Kier molecular flexibility index (Phi) is 6.21. The third-order valence-electron chi connectivity index (χ3n) is 4.21. The zero-order valence-corrected chi connectivity index (χ0v) is 17.6. The molecule has 0 aromatic carbocycles. The average molecular weight is 409 g/mol. The van der Waals surface area contributed by atoms with Gasteiger partial charge in [0.2, 0.25) is 5.91 Å². The van der Waals surface area contributed by atoms with E-state index >= 15 is 0 Å². The summed E-state index contributed by atoms with van der Waals surface area (Å²) in [4.78, 5) is 25.6. The SMILES string of the molecule is CCOC(=O)c1cc(C(C)C)sc1NC(=O)CSc1nnc(C2CC2)n1C. The molecule has 7 nitrogen and oxygen atoms in total. The van der Waals surface area contributed by atoms with Crippen molar-refractivity contribution in [1.29, 1.82) is 0 Å². The molecule has 146 valence electrons. The number of esters is 1. The molecule has 1 aliphatic carbocycles. The lowest BCUT2D eigenvalue weighted by Gasteiger charge is -2.06. The Morgan fingerprint density at radius 3 is 2.78 bits per heavy atom. The van der Waals surface area contributed by atoms with Gasteiger partial charge in [-0.15, -0.1) is 21.5 Å². The number of hydrogen-bond donors (Lipinski definition) is 1.